The molecule has 0 radical (unpaired) electrons. The lowest BCUT2D eigenvalue weighted by atomic mass is 9.94. The molecule has 2 rings (SSSR count). The monoisotopic (exact) mass is 293 g/mol. The predicted octanol–water partition coefficient (Wildman–Crippen LogP) is 3.32. The summed E-state index contributed by atoms with van der Waals surface area (Å²) in [6.45, 7) is 7.93. The fraction of sp³-hybridized carbons (Fsp3) is 0.438. The minimum absolute atomic E-state index is 0.0658. The van der Waals surface area contributed by atoms with Gasteiger partial charge in [0.2, 0.25) is 0 Å². The van der Waals surface area contributed by atoms with Crippen LogP contribution in [0.15, 0.2) is 12.1 Å². The summed E-state index contributed by atoms with van der Waals surface area (Å²) in [6.07, 6.45) is 0. The molecule has 21 heavy (non-hydrogen) atoms. The van der Waals surface area contributed by atoms with E-state index < -0.39 is 17.7 Å². The van der Waals surface area contributed by atoms with Gasteiger partial charge in [-0.25, -0.2) is 8.78 Å². The first-order chi connectivity index (χ1) is 9.88. The molecule has 1 N–H and O–H groups in total. The molecule has 1 aromatic carbocycles. The molecule has 1 atom stereocenters. The maximum absolute atomic E-state index is 14.5. The van der Waals surface area contributed by atoms with E-state index >= 15 is 0 Å². The molecule has 1 heterocycles. The molecule has 114 valence electrons. The highest BCUT2D eigenvalue weighted by atomic mass is 19.1. The molecule has 5 heteroatoms. The number of nitrogens with one attached hydrogen (secondary N) is 1. The fourth-order valence-electron chi connectivity index (χ4n) is 2.70. The molecule has 0 amide bonds. The Morgan fingerprint density at radius 3 is 2.38 bits per heavy atom. The van der Waals surface area contributed by atoms with Crippen molar-refractivity contribution in [3.63, 3.8) is 0 Å². The zero-order valence-electron chi connectivity index (χ0n) is 13.1. The van der Waals surface area contributed by atoms with Crippen molar-refractivity contribution in [1.82, 2.24) is 15.1 Å². The Hall–Kier alpha value is -1.75. The van der Waals surface area contributed by atoms with Gasteiger partial charge in [0.1, 0.15) is 11.6 Å². The molecule has 0 fully saturated rings. The molecular weight excluding hydrogens is 272 g/mol. The summed E-state index contributed by atoms with van der Waals surface area (Å²) >= 11 is 0. The van der Waals surface area contributed by atoms with E-state index in [1.54, 1.807) is 11.6 Å². The summed E-state index contributed by atoms with van der Waals surface area (Å²) in [7, 11) is 1.83. The molecule has 0 bridgehead atoms. The van der Waals surface area contributed by atoms with Crippen LogP contribution in [0.25, 0.3) is 0 Å². The molecule has 0 saturated carbocycles. The van der Waals surface area contributed by atoms with Crippen molar-refractivity contribution in [3.05, 3.63) is 51.8 Å². The Morgan fingerprint density at radius 2 is 1.86 bits per heavy atom. The number of hydrogen-bond acceptors (Lipinski definition) is 2. The maximum Gasteiger partial charge on any atom is 0.134 e. The Balaban J connectivity index is 2.68. The summed E-state index contributed by atoms with van der Waals surface area (Å²) < 4.78 is 30.5. The van der Waals surface area contributed by atoms with Gasteiger partial charge in [-0.05, 0) is 38.9 Å². The van der Waals surface area contributed by atoms with Crippen molar-refractivity contribution >= 4 is 0 Å². The largest absolute Gasteiger partial charge is 0.306 e. The molecule has 3 nitrogen and oxygen atoms in total. The van der Waals surface area contributed by atoms with Crippen LogP contribution in [-0.4, -0.2) is 16.3 Å². The number of nitrogens with zero attached hydrogens (tertiary/aromatic N) is 2. The smallest absolute Gasteiger partial charge is 0.134 e. The van der Waals surface area contributed by atoms with Crippen molar-refractivity contribution in [2.75, 3.05) is 6.54 Å². The van der Waals surface area contributed by atoms with Gasteiger partial charge in [0.15, 0.2) is 0 Å². The second-order valence-corrected chi connectivity index (χ2v) is 5.29. The average Bonchev–Trinajstić information content (AvgIpc) is 2.67. The van der Waals surface area contributed by atoms with Gasteiger partial charge in [-0.3, -0.25) is 4.68 Å². The quantitative estimate of drug-likeness (QED) is 0.937. The van der Waals surface area contributed by atoms with E-state index in [0.29, 0.717) is 12.1 Å². The second-order valence-electron chi connectivity index (χ2n) is 5.29. The van der Waals surface area contributed by atoms with Crippen molar-refractivity contribution < 1.29 is 8.78 Å². The van der Waals surface area contributed by atoms with E-state index in [2.05, 4.69) is 10.4 Å². The first-order valence-electron chi connectivity index (χ1n) is 7.06. The topological polar surface area (TPSA) is 29.9 Å². The van der Waals surface area contributed by atoms with Crippen molar-refractivity contribution in [2.45, 2.75) is 33.7 Å². The van der Waals surface area contributed by atoms with Crippen molar-refractivity contribution in [1.29, 1.82) is 0 Å². The highest BCUT2D eigenvalue weighted by Crippen LogP contribution is 2.31. The molecule has 0 aliphatic heterocycles. The molecular formula is C16H21F2N3. The van der Waals surface area contributed by atoms with E-state index in [1.165, 1.54) is 12.1 Å². The molecule has 1 aromatic heterocycles. The first kappa shape index (κ1) is 15.6. The van der Waals surface area contributed by atoms with Crippen molar-refractivity contribution in [3.8, 4) is 0 Å². The van der Waals surface area contributed by atoms with Crippen LogP contribution in [0.1, 0.15) is 41.0 Å². The van der Waals surface area contributed by atoms with Gasteiger partial charge in [-0.15, -0.1) is 0 Å². The van der Waals surface area contributed by atoms with E-state index in [1.807, 2.05) is 27.8 Å². The number of aromatic nitrogens is 2. The third-order valence-electron chi connectivity index (χ3n) is 3.87. The second kappa shape index (κ2) is 5.93. The maximum atomic E-state index is 14.5. The first-order valence-corrected chi connectivity index (χ1v) is 7.06. The zero-order chi connectivity index (χ0) is 15.7. The van der Waals surface area contributed by atoms with Gasteiger partial charge < -0.3 is 5.32 Å². The van der Waals surface area contributed by atoms with E-state index in [-0.39, 0.29) is 5.56 Å². The number of aryl methyl sites for hydroxylation is 3. The SMILES string of the molecule is CCNC(c1c(F)ccc(C)c1F)c1c(C)nn(C)c1C. The summed E-state index contributed by atoms with van der Waals surface area (Å²) in [4.78, 5) is 0. The highest BCUT2D eigenvalue weighted by molar-refractivity contribution is 5.40. The van der Waals surface area contributed by atoms with Crippen LogP contribution in [0.5, 0.6) is 0 Å². The molecule has 0 saturated heterocycles. The van der Waals surface area contributed by atoms with Gasteiger partial charge in [0, 0.05) is 23.9 Å². The Kier molecular flexibility index (Phi) is 4.42. The Bertz CT molecular complexity index is 662. The molecule has 2 aromatic rings. The summed E-state index contributed by atoms with van der Waals surface area (Å²) in [5, 5.41) is 7.54. The zero-order valence-corrected chi connectivity index (χ0v) is 13.1. The van der Waals surface area contributed by atoms with Crippen LogP contribution in [0.3, 0.4) is 0 Å². The van der Waals surface area contributed by atoms with Crippen LogP contribution in [0.4, 0.5) is 8.78 Å². The van der Waals surface area contributed by atoms with E-state index in [4.69, 9.17) is 0 Å². The summed E-state index contributed by atoms with van der Waals surface area (Å²) in [6, 6.07) is 2.24. The third kappa shape index (κ3) is 2.70. The standard InChI is InChI=1S/C16H21F2N3/c1-6-19-16(13-10(3)20-21(5)11(13)4)14-12(17)8-7-9(2)15(14)18/h7-8,16,19H,6H2,1-5H3. The molecule has 0 aliphatic rings. The summed E-state index contributed by atoms with van der Waals surface area (Å²) in [5.41, 5.74) is 3.02. The fourth-order valence-corrected chi connectivity index (χ4v) is 2.70. The van der Waals surface area contributed by atoms with Crippen LogP contribution < -0.4 is 5.32 Å². The van der Waals surface area contributed by atoms with E-state index in [9.17, 15) is 8.78 Å². The van der Waals surface area contributed by atoms with Gasteiger partial charge >= 0.3 is 0 Å². The lowest BCUT2D eigenvalue weighted by Gasteiger charge is -2.21. The predicted molar refractivity (Wildman–Crippen MR) is 79.3 cm³/mol. The van der Waals surface area contributed by atoms with Crippen LogP contribution in [0, 0.1) is 32.4 Å². The Labute approximate surface area is 124 Å². The normalized spacial score (nSPS) is 12.7. The van der Waals surface area contributed by atoms with Crippen LogP contribution in [0.2, 0.25) is 0 Å². The lowest BCUT2D eigenvalue weighted by Crippen LogP contribution is -2.25. The van der Waals surface area contributed by atoms with E-state index in [0.717, 1.165) is 17.0 Å². The number of benzene rings is 1. The van der Waals surface area contributed by atoms with Gasteiger partial charge in [0.25, 0.3) is 0 Å². The molecule has 0 aliphatic carbocycles. The summed E-state index contributed by atoms with van der Waals surface area (Å²) in [5.74, 6) is -1.03. The van der Waals surface area contributed by atoms with Gasteiger partial charge in [0.05, 0.1) is 11.7 Å². The highest BCUT2D eigenvalue weighted by Gasteiger charge is 2.27. The molecule has 1 unspecified atom stereocenters. The van der Waals surface area contributed by atoms with Gasteiger partial charge in [-0.1, -0.05) is 13.0 Å². The average molecular weight is 293 g/mol. The number of rotatable bonds is 4. The minimum atomic E-state index is -0.538. The van der Waals surface area contributed by atoms with Crippen LogP contribution in [-0.2, 0) is 7.05 Å². The number of halogens is 2. The molecule has 0 spiro atoms. The minimum Gasteiger partial charge on any atom is -0.306 e. The number of hydrogen-bond donors (Lipinski definition) is 1. The lowest BCUT2D eigenvalue weighted by molar-refractivity contribution is 0.504. The Morgan fingerprint density at radius 1 is 1.19 bits per heavy atom. The van der Waals surface area contributed by atoms with Crippen molar-refractivity contribution in [2.24, 2.45) is 7.05 Å². The third-order valence-corrected chi connectivity index (χ3v) is 3.87. The van der Waals surface area contributed by atoms with Gasteiger partial charge in [-0.2, -0.15) is 5.10 Å². The van der Waals surface area contributed by atoms with Crippen LogP contribution >= 0.6 is 0 Å².